The van der Waals surface area contributed by atoms with E-state index in [0.29, 0.717) is 36.9 Å². The first kappa shape index (κ1) is 16.8. The Morgan fingerprint density at radius 2 is 2.00 bits per heavy atom. The number of hydrogen-bond donors (Lipinski definition) is 1. The van der Waals surface area contributed by atoms with Crippen LogP contribution in [0.4, 0.5) is 5.69 Å². The normalized spacial score (nSPS) is 14.5. The number of hydrogen-bond acceptors (Lipinski definition) is 3. The monoisotopic (exact) mass is 344 g/mol. The molecule has 0 unspecified atom stereocenters. The lowest BCUT2D eigenvalue weighted by atomic mass is 10.1. The van der Waals surface area contributed by atoms with Crippen molar-refractivity contribution in [3.63, 3.8) is 0 Å². The molecular weight excluding hydrogens is 324 g/mol. The summed E-state index contributed by atoms with van der Waals surface area (Å²) in [5, 5.41) is 3.82. The molecule has 126 valence electrons. The fourth-order valence-electron chi connectivity index (χ4n) is 2.76. The van der Waals surface area contributed by atoms with Gasteiger partial charge in [-0.05, 0) is 30.7 Å². The molecule has 1 N–H and O–H groups in total. The minimum Gasteiger partial charge on any atom is -0.381 e. The van der Waals surface area contributed by atoms with Crippen molar-refractivity contribution < 1.29 is 9.53 Å². The van der Waals surface area contributed by atoms with Crippen molar-refractivity contribution >= 4 is 23.2 Å². The summed E-state index contributed by atoms with van der Waals surface area (Å²) in [7, 11) is 0. The number of nitrogens with one attached hydrogen (secondary N) is 1. The van der Waals surface area contributed by atoms with Crippen molar-refractivity contribution in [2.45, 2.75) is 13.5 Å². The quantitative estimate of drug-likeness (QED) is 0.918. The number of aryl methyl sites for hydroxylation is 1. The van der Waals surface area contributed by atoms with Gasteiger partial charge in [0.1, 0.15) is 0 Å². The Morgan fingerprint density at radius 3 is 2.71 bits per heavy atom. The number of anilines is 1. The second-order valence-corrected chi connectivity index (χ2v) is 6.35. The van der Waals surface area contributed by atoms with Gasteiger partial charge in [-0.2, -0.15) is 0 Å². The first-order valence-electron chi connectivity index (χ1n) is 8.09. The Morgan fingerprint density at radius 1 is 1.21 bits per heavy atom. The van der Waals surface area contributed by atoms with Gasteiger partial charge < -0.3 is 15.0 Å². The molecule has 0 aromatic heterocycles. The average Bonchev–Trinajstić information content (AvgIpc) is 2.60. The number of nitrogens with zero attached hydrogens (tertiary/aromatic N) is 1. The first-order valence-corrected chi connectivity index (χ1v) is 8.47. The minimum atomic E-state index is -0.0338. The van der Waals surface area contributed by atoms with Gasteiger partial charge in [0.25, 0.3) is 5.91 Å². The second kappa shape index (κ2) is 7.69. The van der Waals surface area contributed by atoms with E-state index < -0.39 is 0 Å². The van der Waals surface area contributed by atoms with E-state index in [9.17, 15) is 4.79 Å². The van der Waals surface area contributed by atoms with E-state index in [4.69, 9.17) is 16.3 Å². The third-order valence-electron chi connectivity index (χ3n) is 4.08. The number of halogens is 1. The Hall–Kier alpha value is -2.04. The van der Waals surface area contributed by atoms with Crippen molar-refractivity contribution in [3.8, 4) is 0 Å². The highest BCUT2D eigenvalue weighted by atomic mass is 35.5. The zero-order chi connectivity index (χ0) is 16.9. The molecule has 0 saturated carbocycles. The maximum absolute atomic E-state index is 12.5. The Balaban J connectivity index is 1.66. The van der Waals surface area contributed by atoms with Gasteiger partial charge in [-0.25, -0.2) is 0 Å². The molecule has 3 rings (SSSR count). The summed E-state index contributed by atoms with van der Waals surface area (Å²) in [5.41, 5.74) is 3.89. The van der Waals surface area contributed by atoms with Gasteiger partial charge in [-0.1, -0.05) is 41.4 Å². The molecule has 1 fully saturated rings. The van der Waals surface area contributed by atoms with Crippen LogP contribution >= 0.6 is 11.6 Å². The van der Waals surface area contributed by atoms with Crippen molar-refractivity contribution in [3.05, 3.63) is 64.2 Å². The fraction of sp³-hybridized carbons (Fsp3) is 0.316. The summed E-state index contributed by atoms with van der Waals surface area (Å²) in [5.74, 6) is -0.0338. The largest absolute Gasteiger partial charge is 0.381 e. The topological polar surface area (TPSA) is 41.6 Å². The molecule has 5 heteroatoms. The highest BCUT2D eigenvalue weighted by Gasteiger charge is 2.20. The van der Waals surface area contributed by atoms with Gasteiger partial charge in [0.15, 0.2) is 0 Å². The van der Waals surface area contributed by atoms with Crippen LogP contribution in [0.3, 0.4) is 0 Å². The van der Waals surface area contributed by atoms with E-state index in [1.807, 2.05) is 18.2 Å². The van der Waals surface area contributed by atoms with Crippen LogP contribution in [0, 0.1) is 6.92 Å². The van der Waals surface area contributed by atoms with E-state index in [-0.39, 0.29) is 5.91 Å². The Bertz CT molecular complexity index is 727. The lowest BCUT2D eigenvalue weighted by Gasteiger charge is -2.27. The van der Waals surface area contributed by atoms with Gasteiger partial charge in [0.2, 0.25) is 0 Å². The van der Waals surface area contributed by atoms with Crippen LogP contribution in [0.1, 0.15) is 21.5 Å². The minimum absolute atomic E-state index is 0.0338. The first-order chi connectivity index (χ1) is 11.6. The van der Waals surface area contributed by atoms with Crippen LogP contribution in [-0.2, 0) is 11.3 Å². The summed E-state index contributed by atoms with van der Waals surface area (Å²) < 4.78 is 5.28. The van der Waals surface area contributed by atoms with Gasteiger partial charge in [-0.15, -0.1) is 0 Å². The summed E-state index contributed by atoms with van der Waals surface area (Å²) >= 11 is 6.33. The number of carbonyl (C=O) groups excluding carboxylic acids is 1. The molecule has 0 atom stereocenters. The molecule has 4 nitrogen and oxygen atoms in total. The smallest absolute Gasteiger partial charge is 0.255 e. The molecule has 0 spiro atoms. The molecule has 2 aromatic carbocycles. The number of ether oxygens (including phenoxy) is 1. The number of morpholine rings is 1. The average molecular weight is 345 g/mol. The third-order valence-corrected chi connectivity index (χ3v) is 4.39. The zero-order valence-corrected chi connectivity index (χ0v) is 14.5. The number of benzene rings is 2. The van der Waals surface area contributed by atoms with E-state index in [1.54, 1.807) is 11.0 Å². The van der Waals surface area contributed by atoms with E-state index in [0.717, 1.165) is 12.2 Å². The molecule has 0 aliphatic carbocycles. The van der Waals surface area contributed by atoms with Crippen LogP contribution in [0.25, 0.3) is 0 Å². The van der Waals surface area contributed by atoms with Gasteiger partial charge in [0.05, 0.1) is 23.8 Å². The van der Waals surface area contributed by atoms with Crippen molar-refractivity contribution in [1.29, 1.82) is 0 Å². The maximum atomic E-state index is 12.5. The number of carbonyl (C=O) groups is 1. The molecule has 1 aliphatic heterocycles. The molecule has 1 aliphatic rings. The molecule has 1 heterocycles. The van der Waals surface area contributed by atoms with Crippen LogP contribution in [0.15, 0.2) is 42.5 Å². The van der Waals surface area contributed by atoms with Crippen LogP contribution in [-0.4, -0.2) is 37.1 Å². The summed E-state index contributed by atoms with van der Waals surface area (Å²) in [6, 6.07) is 13.8. The summed E-state index contributed by atoms with van der Waals surface area (Å²) in [6.07, 6.45) is 0. The van der Waals surface area contributed by atoms with Gasteiger partial charge >= 0.3 is 0 Å². The molecule has 2 aromatic rings. The van der Waals surface area contributed by atoms with Crippen molar-refractivity contribution in [2.24, 2.45) is 0 Å². The Labute approximate surface area is 147 Å². The van der Waals surface area contributed by atoms with E-state index in [2.05, 4.69) is 30.4 Å². The predicted molar refractivity (Wildman–Crippen MR) is 96.7 cm³/mol. The number of amides is 1. The lowest BCUT2D eigenvalue weighted by molar-refractivity contribution is 0.0303. The molecule has 24 heavy (non-hydrogen) atoms. The SMILES string of the molecule is Cc1cccc(CNc2ccc(C(=O)N3CCOCC3)c(Cl)c2)c1. The van der Waals surface area contributed by atoms with Crippen LogP contribution < -0.4 is 5.32 Å². The Kier molecular flexibility index (Phi) is 5.38. The van der Waals surface area contributed by atoms with Crippen molar-refractivity contribution in [1.82, 2.24) is 4.90 Å². The van der Waals surface area contributed by atoms with Crippen molar-refractivity contribution in [2.75, 3.05) is 31.6 Å². The summed E-state index contributed by atoms with van der Waals surface area (Å²) in [4.78, 5) is 14.3. The van der Waals surface area contributed by atoms with E-state index >= 15 is 0 Å². The van der Waals surface area contributed by atoms with E-state index in [1.165, 1.54) is 11.1 Å². The molecule has 0 bridgehead atoms. The molecular formula is C19H21ClN2O2. The molecule has 1 amide bonds. The lowest BCUT2D eigenvalue weighted by Crippen LogP contribution is -2.40. The highest BCUT2D eigenvalue weighted by molar-refractivity contribution is 6.34. The maximum Gasteiger partial charge on any atom is 0.255 e. The second-order valence-electron chi connectivity index (χ2n) is 5.94. The van der Waals surface area contributed by atoms with Gasteiger partial charge in [0, 0.05) is 25.3 Å². The molecule has 1 saturated heterocycles. The standard InChI is InChI=1S/C19H21ClN2O2/c1-14-3-2-4-15(11-14)13-21-16-5-6-17(18(20)12-16)19(23)22-7-9-24-10-8-22/h2-6,11-12,21H,7-10,13H2,1H3. The van der Waals surface area contributed by atoms with Crippen LogP contribution in [0.5, 0.6) is 0 Å². The van der Waals surface area contributed by atoms with Crippen LogP contribution in [0.2, 0.25) is 5.02 Å². The highest BCUT2D eigenvalue weighted by Crippen LogP contribution is 2.23. The predicted octanol–water partition coefficient (Wildman–Crippen LogP) is 3.73. The fourth-order valence-corrected chi connectivity index (χ4v) is 3.02. The molecule has 0 radical (unpaired) electrons. The third kappa shape index (κ3) is 4.08. The zero-order valence-electron chi connectivity index (χ0n) is 13.7. The van der Waals surface area contributed by atoms with Gasteiger partial charge in [-0.3, -0.25) is 4.79 Å². The summed E-state index contributed by atoms with van der Waals surface area (Å²) in [6.45, 7) is 5.19. The number of rotatable bonds is 4.